The zero-order valence-electron chi connectivity index (χ0n) is 23.7. The van der Waals surface area contributed by atoms with Crippen molar-refractivity contribution in [3.05, 3.63) is 88.5 Å². The van der Waals surface area contributed by atoms with E-state index in [1.165, 1.54) is 26.4 Å². The Hall–Kier alpha value is -4.70. The van der Waals surface area contributed by atoms with Crippen molar-refractivity contribution in [3.63, 3.8) is 0 Å². The van der Waals surface area contributed by atoms with E-state index in [9.17, 15) is 14.0 Å². The van der Waals surface area contributed by atoms with Gasteiger partial charge in [0.25, 0.3) is 0 Å². The van der Waals surface area contributed by atoms with Gasteiger partial charge in [-0.15, -0.1) is 0 Å². The molecule has 2 aliphatic rings. The topological polar surface area (TPSA) is 99.2 Å². The van der Waals surface area contributed by atoms with Crippen LogP contribution in [0.2, 0.25) is 0 Å². The molecule has 2 heterocycles. The number of rotatable bonds is 8. The van der Waals surface area contributed by atoms with Crippen molar-refractivity contribution in [3.8, 4) is 17.2 Å². The Morgan fingerprint density at radius 2 is 1.81 bits per heavy atom. The third-order valence-corrected chi connectivity index (χ3v) is 7.26. The molecule has 1 aliphatic heterocycles. The maximum atomic E-state index is 14.4. The van der Waals surface area contributed by atoms with Gasteiger partial charge >= 0.3 is 6.09 Å². The fourth-order valence-electron chi connectivity index (χ4n) is 5.07. The highest BCUT2D eigenvalue weighted by atomic mass is 19.1. The number of nitrogens with one attached hydrogen (secondary N) is 1. The molecular formula is C32H32FN3O6. The molecule has 1 aromatic heterocycles. The lowest BCUT2D eigenvalue weighted by Gasteiger charge is -2.26. The number of amides is 2. The highest BCUT2D eigenvalue weighted by Gasteiger charge is 2.26. The third-order valence-electron chi connectivity index (χ3n) is 7.26. The van der Waals surface area contributed by atoms with Crippen LogP contribution in [-0.2, 0) is 16.0 Å². The van der Waals surface area contributed by atoms with E-state index in [0.717, 1.165) is 39.0 Å². The lowest BCUT2D eigenvalue weighted by Crippen LogP contribution is -2.42. The van der Waals surface area contributed by atoms with Crippen molar-refractivity contribution >= 4 is 29.2 Å². The normalized spacial score (nSPS) is 15.4. The van der Waals surface area contributed by atoms with E-state index >= 15 is 0 Å². The molecule has 0 bridgehead atoms. The largest absolute Gasteiger partial charge is 0.493 e. The van der Waals surface area contributed by atoms with Crippen LogP contribution in [-0.4, -0.2) is 69.0 Å². The summed E-state index contributed by atoms with van der Waals surface area (Å²) in [7, 11) is 2.98. The monoisotopic (exact) mass is 573 g/mol. The van der Waals surface area contributed by atoms with E-state index in [4.69, 9.17) is 18.9 Å². The molecule has 0 spiro atoms. The number of carbonyl (C=O) groups is 2. The molecule has 0 unspecified atom stereocenters. The van der Waals surface area contributed by atoms with Gasteiger partial charge < -0.3 is 29.2 Å². The minimum atomic E-state index is -0.512. The quantitative estimate of drug-likeness (QED) is 0.415. The number of ether oxygens (including phenoxy) is 4. The van der Waals surface area contributed by atoms with Crippen LogP contribution in [0.15, 0.2) is 60.4 Å². The van der Waals surface area contributed by atoms with Crippen molar-refractivity contribution < 1.29 is 32.9 Å². The third kappa shape index (κ3) is 6.28. The summed E-state index contributed by atoms with van der Waals surface area (Å²) in [5.41, 5.74) is 5.68. The summed E-state index contributed by atoms with van der Waals surface area (Å²) >= 11 is 0. The predicted octanol–water partition coefficient (Wildman–Crippen LogP) is 4.76. The van der Waals surface area contributed by atoms with E-state index in [-0.39, 0.29) is 30.4 Å². The first kappa shape index (κ1) is 28.8. The molecule has 5 rings (SSSR count). The summed E-state index contributed by atoms with van der Waals surface area (Å²) in [6.07, 6.45) is 4.93. The van der Waals surface area contributed by atoms with Gasteiger partial charge in [-0.3, -0.25) is 9.78 Å². The number of carbonyl (C=O) groups excluding carboxylic acids is 2. The lowest BCUT2D eigenvalue weighted by molar-refractivity contribution is -0.120. The molecule has 9 nitrogen and oxygen atoms in total. The first-order chi connectivity index (χ1) is 20.4. The van der Waals surface area contributed by atoms with Crippen LogP contribution in [0.3, 0.4) is 0 Å². The fourth-order valence-corrected chi connectivity index (χ4v) is 5.07. The smallest absolute Gasteiger partial charge is 0.415 e. The Bertz CT molecular complexity index is 1520. The second-order valence-corrected chi connectivity index (χ2v) is 9.89. The molecule has 42 heavy (non-hydrogen) atoms. The number of allylic oxidation sites excluding steroid dienone is 2. The van der Waals surface area contributed by atoms with Gasteiger partial charge in [-0.2, -0.15) is 0 Å². The summed E-state index contributed by atoms with van der Waals surface area (Å²) in [4.78, 5) is 31.1. The molecule has 0 atom stereocenters. The number of hydrogen-bond acceptors (Lipinski definition) is 7. The Morgan fingerprint density at radius 1 is 1.07 bits per heavy atom. The van der Waals surface area contributed by atoms with Crippen molar-refractivity contribution in [2.24, 2.45) is 0 Å². The van der Waals surface area contributed by atoms with E-state index in [1.807, 2.05) is 19.1 Å². The predicted molar refractivity (Wildman–Crippen MR) is 156 cm³/mol. The second kappa shape index (κ2) is 12.9. The average Bonchev–Trinajstić information content (AvgIpc) is 3.26. The van der Waals surface area contributed by atoms with Gasteiger partial charge in [-0.25, -0.2) is 9.18 Å². The van der Waals surface area contributed by atoms with Crippen molar-refractivity contribution in [2.45, 2.75) is 13.3 Å². The summed E-state index contributed by atoms with van der Waals surface area (Å²) in [6.45, 7) is 3.95. The van der Waals surface area contributed by atoms with E-state index in [0.29, 0.717) is 37.8 Å². The van der Waals surface area contributed by atoms with Gasteiger partial charge in [0.2, 0.25) is 11.7 Å². The number of nitrogens with zero attached hydrogens (tertiary/aromatic N) is 2. The molecule has 218 valence electrons. The molecule has 3 aromatic rings. The van der Waals surface area contributed by atoms with Gasteiger partial charge in [0.15, 0.2) is 11.5 Å². The van der Waals surface area contributed by atoms with Gasteiger partial charge in [0.1, 0.15) is 5.82 Å². The molecule has 0 radical (unpaired) electrons. The molecule has 1 N–H and O–H groups in total. The van der Waals surface area contributed by atoms with Gasteiger partial charge in [0, 0.05) is 32.0 Å². The molecule has 1 aliphatic carbocycles. The van der Waals surface area contributed by atoms with Gasteiger partial charge in [-0.05, 0) is 82.3 Å². The van der Waals surface area contributed by atoms with E-state index in [2.05, 4.69) is 10.3 Å². The van der Waals surface area contributed by atoms with E-state index < -0.39 is 6.09 Å². The minimum Gasteiger partial charge on any atom is -0.493 e. The molecule has 2 amide bonds. The Morgan fingerprint density at radius 3 is 2.48 bits per heavy atom. The molecule has 1 saturated heterocycles. The Labute approximate surface area is 243 Å². The van der Waals surface area contributed by atoms with Crippen LogP contribution in [0.1, 0.15) is 29.2 Å². The van der Waals surface area contributed by atoms with Crippen LogP contribution in [0.25, 0.3) is 17.2 Å². The number of pyridine rings is 1. The minimum absolute atomic E-state index is 0.157. The molecule has 1 fully saturated rings. The molecule has 2 aromatic carbocycles. The fraction of sp³-hybridized carbons (Fsp3) is 0.281. The van der Waals surface area contributed by atoms with Crippen LogP contribution < -0.4 is 19.5 Å². The lowest BCUT2D eigenvalue weighted by atomic mass is 10.00. The number of methoxy groups -OCH3 is 2. The Balaban J connectivity index is 1.43. The second-order valence-electron chi connectivity index (χ2n) is 9.89. The Kier molecular flexibility index (Phi) is 8.83. The van der Waals surface area contributed by atoms with Gasteiger partial charge in [-0.1, -0.05) is 12.1 Å². The molecule has 10 heteroatoms. The van der Waals surface area contributed by atoms with Crippen molar-refractivity contribution in [1.82, 2.24) is 15.2 Å². The van der Waals surface area contributed by atoms with E-state index in [1.54, 1.807) is 41.6 Å². The number of aromatic nitrogens is 1. The molecule has 0 saturated carbocycles. The zero-order chi connectivity index (χ0) is 29.6. The maximum Gasteiger partial charge on any atom is 0.415 e. The summed E-state index contributed by atoms with van der Waals surface area (Å²) in [5.74, 6) is 0.304. The van der Waals surface area contributed by atoms with Crippen LogP contribution in [0.5, 0.6) is 17.2 Å². The first-order valence-electron chi connectivity index (χ1n) is 13.6. The number of benzene rings is 2. The number of fused-ring (bicyclic) bond motifs is 1. The van der Waals surface area contributed by atoms with Crippen LogP contribution in [0.4, 0.5) is 9.18 Å². The molecular weight excluding hydrogens is 541 g/mol. The maximum absolute atomic E-state index is 14.4. The highest BCUT2D eigenvalue weighted by molar-refractivity contribution is 6.06. The summed E-state index contributed by atoms with van der Waals surface area (Å²) in [5, 5.41) is 2.96. The van der Waals surface area contributed by atoms with Gasteiger partial charge in [0.05, 0.1) is 33.9 Å². The number of halogens is 1. The average molecular weight is 574 g/mol. The van der Waals surface area contributed by atoms with Crippen molar-refractivity contribution in [1.29, 1.82) is 0 Å². The first-order valence-corrected chi connectivity index (χ1v) is 13.6. The van der Waals surface area contributed by atoms with Crippen molar-refractivity contribution in [2.75, 3.05) is 47.1 Å². The van der Waals surface area contributed by atoms with Crippen LogP contribution >= 0.6 is 0 Å². The summed E-state index contributed by atoms with van der Waals surface area (Å²) < 4.78 is 36.5. The number of morpholine rings is 1. The SMILES string of the molecule is COc1cc(C=C2C(C)=C(CNC(=O)Cc3cccnc3)c3cc(F)ccc32)cc(OC)c1OC(=O)N1CCOCC1. The zero-order valence-corrected chi connectivity index (χ0v) is 23.7. The standard InChI is InChI=1S/C32H32FN3O6/c1-20-25(13-22-14-28(39-2)31(29(15-22)40-3)42-32(38)36-9-11-41-12-10-36)24-7-6-23(33)17-26(24)27(20)19-35-30(37)16-21-5-4-8-34-18-21/h4-8,13-15,17-18H,9-12,16,19H2,1-3H3,(H,35,37). The number of hydrogen-bond donors (Lipinski definition) is 1. The highest BCUT2D eigenvalue weighted by Crippen LogP contribution is 2.44. The summed E-state index contributed by atoms with van der Waals surface area (Å²) in [6, 6.07) is 11.8. The van der Waals surface area contributed by atoms with Crippen LogP contribution in [0, 0.1) is 5.82 Å².